The van der Waals surface area contributed by atoms with E-state index < -0.39 is 17.5 Å². The summed E-state index contributed by atoms with van der Waals surface area (Å²) in [6.45, 7) is 5.82. The maximum absolute atomic E-state index is 11.0. The average molecular weight is 232 g/mol. The van der Waals surface area contributed by atoms with Crippen LogP contribution in [0.15, 0.2) is 11.6 Å². The van der Waals surface area contributed by atoms with Gasteiger partial charge in [0.05, 0.1) is 11.7 Å². The summed E-state index contributed by atoms with van der Waals surface area (Å²) in [4.78, 5) is 31.3. The van der Waals surface area contributed by atoms with Gasteiger partial charge in [-0.1, -0.05) is 6.08 Å². The van der Waals surface area contributed by atoms with Gasteiger partial charge in [0, 0.05) is 0 Å². The molecule has 0 aliphatic carbocycles. The van der Waals surface area contributed by atoms with Crippen molar-refractivity contribution in [3.63, 3.8) is 0 Å². The van der Waals surface area contributed by atoms with Gasteiger partial charge in [-0.2, -0.15) is 0 Å². The van der Waals surface area contributed by atoms with Crippen LogP contribution in [0, 0.1) is 0 Å². The van der Waals surface area contributed by atoms with E-state index in [0.29, 0.717) is 0 Å². The van der Waals surface area contributed by atoms with Crippen molar-refractivity contribution in [1.82, 2.24) is 0 Å². The molecular formula is C10H16O6. The molecule has 0 saturated heterocycles. The zero-order valence-corrected chi connectivity index (χ0v) is 9.68. The summed E-state index contributed by atoms with van der Waals surface area (Å²) < 4.78 is 0. The molecule has 0 heterocycles. The molecule has 0 amide bonds. The van der Waals surface area contributed by atoms with Crippen LogP contribution in [0.1, 0.15) is 27.7 Å². The Morgan fingerprint density at radius 2 is 1.81 bits per heavy atom. The van der Waals surface area contributed by atoms with Gasteiger partial charge in [0.2, 0.25) is 5.60 Å². The van der Waals surface area contributed by atoms with E-state index in [4.69, 9.17) is 20.0 Å². The van der Waals surface area contributed by atoms with Crippen molar-refractivity contribution < 1.29 is 29.6 Å². The molecule has 1 atom stereocenters. The Balaban J connectivity index is 5.10. The molecule has 0 radical (unpaired) electrons. The van der Waals surface area contributed by atoms with E-state index in [2.05, 4.69) is 0 Å². The van der Waals surface area contributed by atoms with Gasteiger partial charge in [-0.15, -0.1) is 0 Å². The van der Waals surface area contributed by atoms with Crippen LogP contribution in [-0.2, 0) is 19.4 Å². The third-order valence-corrected chi connectivity index (χ3v) is 1.85. The summed E-state index contributed by atoms with van der Waals surface area (Å²) in [6.07, 6.45) is 0.797. The molecule has 0 aromatic heterocycles. The van der Waals surface area contributed by atoms with Crippen LogP contribution < -0.4 is 0 Å². The monoisotopic (exact) mass is 232 g/mol. The lowest BCUT2D eigenvalue weighted by Gasteiger charge is -2.25. The fraction of sp³-hybridized carbons (Fsp3) is 0.600. The second kappa shape index (κ2) is 5.62. The minimum atomic E-state index is -2.02. The molecule has 0 bridgehead atoms. The zero-order valence-electron chi connectivity index (χ0n) is 9.68. The van der Waals surface area contributed by atoms with Crippen molar-refractivity contribution in [2.75, 3.05) is 0 Å². The molecule has 0 saturated carbocycles. The molecular weight excluding hydrogens is 216 g/mol. The summed E-state index contributed by atoms with van der Waals surface area (Å²) in [5, 5.41) is 17.8. The van der Waals surface area contributed by atoms with E-state index in [1.54, 1.807) is 13.8 Å². The first-order valence-corrected chi connectivity index (χ1v) is 4.73. The number of carboxylic acids is 2. The van der Waals surface area contributed by atoms with Gasteiger partial charge in [0.1, 0.15) is 0 Å². The Morgan fingerprint density at radius 1 is 1.31 bits per heavy atom. The lowest BCUT2D eigenvalue weighted by atomic mass is 9.96. The van der Waals surface area contributed by atoms with Crippen LogP contribution in [0.3, 0.4) is 0 Å². The molecule has 6 nitrogen and oxygen atoms in total. The van der Waals surface area contributed by atoms with Crippen molar-refractivity contribution in [2.45, 2.75) is 39.4 Å². The van der Waals surface area contributed by atoms with E-state index in [9.17, 15) is 9.59 Å². The lowest BCUT2D eigenvalue weighted by Crippen LogP contribution is -2.43. The van der Waals surface area contributed by atoms with Gasteiger partial charge >= 0.3 is 11.9 Å². The first-order valence-electron chi connectivity index (χ1n) is 4.73. The molecule has 0 fully saturated rings. The Bertz CT molecular complexity index is 306. The zero-order chi connectivity index (χ0) is 12.9. The van der Waals surface area contributed by atoms with Crippen LogP contribution in [0.25, 0.3) is 0 Å². The minimum absolute atomic E-state index is 0.370. The molecule has 1 unspecified atom stereocenters. The van der Waals surface area contributed by atoms with Crippen molar-refractivity contribution >= 4 is 11.9 Å². The fourth-order valence-electron chi connectivity index (χ4n) is 0.991. The van der Waals surface area contributed by atoms with Crippen molar-refractivity contribution in [3.8, 4) is 0 Å². The fourth-order valence-corrected chi connectivity index (χ4v) is 0.991. The Labute approximate surface area is 93.4 Å². The maximum Gasteiger partial charge on any atom is 0.344 e. The van der Waals surface area contributed by atoms with Crippen molar-refractivity contribution in [3.05, 3.63) is 11.6 Å². The van der Waals surface area contributed by atoms with Gasteiger partial charge in [-0.3, -0.25) is 0 Å². The summed E-state index contributed by atoms with van der Waals surface area (Å²) in [6, 6.07) is 0. The second-order valence-electron chi connectivity index (χ2n) is 3.57. The van der Waals surface area contributed by atoms with Crippen molar-refractivity contribution in [2.24, 2.45) is 0 Å². The molecule has 6 heteroatoms. The number of hydrogen-bond acceptors (Lipinski definition) is 4. The Hall–Kier alpha value is -1.40. The first kappa shape index (κ1) is 14.6. The number of rotatable bonds is 6. The number of aliphatic carboxylic acids is 2. The predicted octanol–water partition coefficient (Wildman–Crippen LogP) is 1.22. The maximum atomic E-state index is 11.0. The highest BCUT2D eigenvalue weighted by Crippen LogP contribution is 2.23. The van der Waals surface area contributed by atoms with Gasteiger partial charge < -0.3 is 10.2 Å². The molecule has 2 N–H and O–H groups in total. The summed E-state index contributed by atoms with van der Waals surface area (Å²) >= 11 is 0. The first-order chi connectivity index (χ1) is 7.25. The van der Waals surface area contributed by atoms with E-state index in [-0.39, 0.29) is 11.7 Å². The largest absolute Gasteiger partial charge is 0.479 e. The van der Waals surface area contributed by atoms with Crippen LogP contribution in [-0.4, -0.2) is 33.9 Å². The molecule has 0 rings (SSSR count). The lowest BCUT2D eigenvalue weighted by molar-refractivity contribution is -0.359. The Morgan fingerprint density at radius 3 is 2.06 bits per heavy atom. The predicted molar refractivity (Wildman–Crippen MR) is 54.7 cm³/mol. The standard InChI is InChI=1S/C10H16O6/c1-5-7(8(11)12)10(4,9(13)14)16-15-6(2)3/h5-6H,1-4H3,(H,11,12)(H,13,14). The molecule has 0 aliphatic heterocycles. The molecule has 0 spiro atoms. The molecule has 92 valence electrons. The van der Waals surface area contributed by atoms with Crippen LogP contribution in [0.4, 0.5) is 0 Å². The van der Waals surface area contributed by atoms with Crippen LogP contribution in [0.2, 0.25) is 0 Å². The van der Waals surface area contributed by atoms with Crippen LogP contribution in [0.5, 0.6) is 0 Å². The normalized spacial score (nSPS) is 15.9. The smallest absolute Gasteiger partial charge is 0.344 e. The quantitative estimate of drug-likeness (QED) is 0.406. The summed E-state index contributed by atoms with van der Waals surface area (Å²) in [7, 11) is 0. The third kappa shape index (κ3) is 3.32. The van der Waals surface area contributed by atoms with E-state index in [0.717, 1.165) is 6.92 Å². The summed E-state index contributed by atoms with van der Waals surface area (Å²) in [5.41, 5.74) is -2.41. The number of allylic oxidation sites excluding steroid dienone is 1. The third-order valence-electron chi connectivity index (χ3n) is 1.85. The van der Waals surface area contributed by atoms with Crippen molar-refractivity contribution in [1.29, 1.82) is 0 Å². The van der Waals surface area contributed by atoms with Gasteiger partial charge in [0.25, 0.3) is 0 Å². The minimum Gasteiger partial charge on any atom is -0.479 e. The topological polar surface area (TPSA) is 93.1 Å². The van der Waals surface area contributed by atoms with E-state index in [1.807, 2.05) is 0 Å². The second-order valence-corrected chi connectivity index (χ2v) is 3.57. The molecule has 0 aliphatic rings. The molecule has 0 aromatic rings. The highest BCUT2D eigenvalue weighted by Gasteiger charge is 2.43. The molecule has 16 heavy (non-hydrogen) atoms. The number of carbonyl (C=O) groups is 2. The number of hydrogen-bond donors (Lipinski definition) is 2. The molecule has 0 aromatic carbocycles. The SMILES string of the molecule is CC=C(C(=O)O)C(C)(OOC(C)C)C(=O)O. The average Bonchev–Trinajstić information content (AvgIpc) is 2.14. The van der Waals surface area contributed by atoms with Crippen LogP contribution >= 0.6 is 0 Å². The van der Waals surface area contributed by atoms with E-state index in [1.165, 1.54) is 13.0 Å². The van der Waals surface area contributed by atoms with Gasteiger partial charge in [-0.25, -0.2) is 19.4 Å². The van der Waals surface area contributed by atoms with Gasteiger partial charge in [0.15, 0.2) is 0 Å². The van der Waals surface area contributed by atoms with Gasteiger partial charge in [-0.05, 0) is 27.7 Å². The number of carboxylic acid groups (broad SMARTS) is 2. The van der Waals surface area contributed by atoms with E-state index >= 15 is 0 Å². The Kier molecular flexibility index (Phi) is 5.13. The highest BCUT2D eigenvalue weighted by atomic mass is 17.2. The summed E-state index contributed by atoms with van der Waals surface area (Å²) in [5.74, 6) is -2.79. The highest BCUT2D eigenvalue weighted by molar-refractivity contribution is 5.98.